The van der Waals surface area contributed by atoms with Crippen molar-refractivity contribution in [2.45, 2.75) is 49.3 Å². The van der Waals surface area contributed by atoms with Gasteiger partial charge < -0.3 is 10.2 Å². The molecular weight excluding hydrogens is 478 g/mol. The first-order chi connectivity index (χ1) is 15.3. The molecule has 1 N–H and O–H groups in total. The molecule has 0 saturated carbocycles. The van der Waals surface area contributed by atoms with E-state index in [1.165, 1.54) is 24.3 Å². The molecule has 0 spiro atoms. The molecule has 1 heterocycles. The van der Waals surface area contributed by atoms with Crippen LogP contribution in [0.5, 0.6) is 0 Å². The predicted molar refractivity (Wildman–Crippen MR) is 106 cm³/mol. The van der Waals surface area contributed by atoms with E-state index in [-0.39, 0.29) is 24.2 Å². The Morgan fingerprint density at radius 1 is 1.06 bits per heavy atom. The SMILES string of the molecule is O=C(NC1=CC=C(c2ccccc2)C(Cl)(OC(F)(F)F)C1)C1CCCCN1C(=O)C(F)(F)F. The highest BCUT2D eigenvalue weighted by Gasteiger charge is 2.49. The molecule has 0 bridgehead atoms. The van der Waals surface area contributed by atoms with Gasteiger partial charge in [-0.15, -0.1) is 13.2 Å². The molecular formula is C21H19ClF6N2O3. The average Bonchev–Trinajstić information content (AvgIpc) is 2.71. The maximum absolute atomic E-state index is 13.1. The number of amides is 2. The molecule has 33 heavy (non-hydrogen) atoms. The molecule has 2 unspecified atom stereocenters. The molecule has 2 aliphatic rings. The van der Waals surface area contributed by atoms with E-state index in [1.54, 1.807) is 18.2 Å². The van der Waals surface area contributed by atoms with Gasteiger partial charge in [0.2, 0.25) is 5.91 Å². The summed E-state index contributed by atoms with van der Waals surface area (Å²) in [7, 11) is 0. The monoisotopic (exact) mass is 496 g/mol. The largest absolute Gasteiger partial charge is 0.524 e. The van der Waals surface area contributed by atoms with Crippen molar-refractivity contribution in [3.8, 4) is 0 Å². The maximum Gasteiger partial charge on any atom is 0.524 e. The van der Waals surface area contributed by atoms with Crippen LogP contribution in [-0.4, -0.2) is 46.9 Å². The van der Waals surface area contributed by atoms with Crippen molar-refractivity contribution in [3.63, 3.8) is 0 Å². The van der Waals surface area contributed by atoms with E-state index < -0.39 is 41.9 Å². The summed E-state index contributed by atoms with van der Waals surface area (Å²) in [4.78, 5) is 24.9. The number of benzene rings is 1. The van der Waals surface area contributed by atoms with Gasteiger partial charge in [-0.25, -0.2) is 0 Å². The van der Waals surface area contributed by atoms with E-state index in [0.29, 0.717) is 23.3 Å². The zero-order chi connectivity index (χ0) is 24.4. The lowest BCUT2D eigenvalue weighted by Gasteiger charge is -2.37. The lowest BCUT2D eigenvalue weighted by molar-refractivity contribution is -0.342. The van der Waals surface area contributed by atoms with Crippen LogP contribution in [0.3, 0.4) is 0 Å². The third-order valence-electron chi connectivity index (χ3n) is 5.23. The van der Waals surface area contributed by atoms with Crippen LogP contribution < -0.4 is 5.32 Å². The number of halogens is 7. The van der Waals surface area contributed by atoms with E-state index in [0.717, 1.165) is 0 Å². The van der Waals surface area contributed by atoms with E-state index in [1.807, 2.05) is 0 Å². The Balaban J connectivity index is 1.85. The van der Waals surface area contributed by atoms with Crippen molar-refractivity contribution in [1.82, 2.24) is 10.2 Å². The molecule has 1 saturated heterocycles. The van der Waals surface area contributed by atoms with Crippen molar-refractivity contribution in [1.29, 1.82) is 0 Å². The number of hydrogen-bond donors (Lipinski definition) is 1. The fraction of sp³-hybridized carbons (Fsp3) is 0.429. The lowest BCUT2D eigenvalue weighted by atomic mass is 9.92. The summed E-state index contributed by atoms with van der Waals surface area (Å²) < 4.78 is 82.3. The van der Waals surface area contributed by atoms with Gasteiger partial charge in [0.05, 0.1) is 0 Å². The van der Waals surface area contributed by atoms with Gasteiger partial charge in [-0.3, -0.25) is 14.3 Å². The molecule has 180 valence electrons. The summed E-state index contributed by atoms with van der Waals surface area (Å²) in [5, 5.41) is -0.103. The number of rotatable bonds is 4. The Kier molecular flexibility index (Phi) is 7.13. The lowest BCUT2D eigenvalue weighted by Crippen LogP contribution is -2.55. The van der Waals surface area contributed by atoms with E-state index in [2.05, 4.69) is 10.1 Å². The molecule has 3 rings (SSSR count). The first-order valence-corrected chi connectivity index (χ1v) is 10.3. The topological polar surface area (TPSA) is 58.6 Å². The van der Waals surface area contributed by atoms with E-state index in [9.17, 15) is 35.9 Å². The first-order valence-electron chi connectivity index (χ1n) is 9.91. The summed E-state index contributed by atoms with van der Waals surface area (Å²) in [6, 6.07) is 6.49. The van der Waals surface area contributed by atoms with Gasteiger partial charge in [-0.2, -0.15) is 13.2 Å². The highest BCUT2D eigenvalue weighted by Crippen LogP contribution is 2.45. The number of nitrogens with one attached hydrogen (secondary N) is 1. The molecule has 5 nitrogen and oxygen atoms in total. The number of likely N-dealkylation sites (tertiary alicyclic amines) is 1. The second-order valence-electron chi connectivity index (χ2n) is 7.59. The molecule has 1 aliphatic carbocycles. The highest BCUT2D eigenvalue weighted by molar-refractivity contribution is 6.29. The van der Waals surface area contributed by atoms with Gasteiger partial charge in [0.25, 0.3) is 0 Å². The number of allylic oxidation sites excluding steroid dienone is 2. The molecule has 0 aromatic heterocycles. The number of alkyl halides is 7. The van der Waals surface area contributed by atoms with Crippen LogP contribution in [0.4, 0.5) is 26.3 Å². The Morgan fingerprint density at radius 3 is 2.33 bits per heavy atom. The van der Waals surface area contributed by atoms with Gasteiger partial charge in [-0.05, 0) is 30.9 Å². The molecule has 2 atom stereocenters. The summed E-state index contributed by atoms with van der Waals surface area (Å²) in [6.45, 7) is -0.260. The number of nitrogens with zero attached hydrogens (tertiary/aromatic N) is 1. The van der Waals surface area contributed by atoms with Crippen LogP contribution >= 0.6 is 11.6 Å². The predicted octanol–water partition coefficient (Wildman–Crippen LogP) is 4.89. The van der Waals surface area contributed by atoms with Gasteiger partial charge in [0.15, 0.2) is 5.06 Å². The molecule has 1 aliphatic heterocycles. The van der Waals surface area contributed by atoms with Crippen LogP contribution in [0.15, 0.2) is 48.2 Å². The maximum atomic E-state index is 13.1. The minimum absolute atomic E-state index is 0.00775. The number of ether oxygens (including phenoxy) is 1. The third-order valence-corrected chi connectivity index (χ3v) is 5.64. The molecule has 2 amide bonds. The van der Waals surface area contributed by atoms with E-state index in [4.69, 9.17) is 11.6 Å². The fourth-order valence-corrected chi connectivity index (χ4v) is 4.25. The Hall–Kier alpha value is -2.53. The standard InChI is InChI=1S/C21H19ClF6N2O3/c22-19(33-21(26,27)28)12-14(9-10-15(19)13-6-2-1-3-7-13)29-17(31)16-8-4-5-11-30(16)18(32)20(23,24)25/h1-3,6-7,9-10,16H,4-5,8,11-12H2,(H,29,31). The number of hydrogen-bond acceptors (Lipinski definition) is 3. The summed E-state index contributed by atoms with van der Waals surface area (Å²) in [5.74, 6) is -3.08. The molecule has 1 fully saturated rings. The zero-order valence-electron chi connectivity index (χ0n) is 17.0. The van der Waals surface area contributed by atoms with Crippen molar-refractivity contribution in [3.05, 3.63) is 53.7 Å². The van der Waals surface area contributed by atoms with Gasteiger partial charge in [0.1, 0.15) is 6.04 Å². The number of piperidine rings is 1. The van der Waals surface area contributed by atoms with Crippen molar-refractivity contribution in [2.24, 2.45) is 0 Å². The molecule has 1 aromatic rings. The smallest absolute Gasteiger partial charge is 0.328 e. The van der Waals surface area contributed by atoms with Crippen molar-refractivity contribution < 1.29 is 40.7 Å². The van der Waals surface area contributed by atoms with E-state index >= 15 is 0 Å². The Bertz CT molecular complexity index is 961. The molecule has 0 radical (unpaired) electrons. The number of carbonyl (C=O) groups excluding carboxylic acids is 2. The average molecular weight is 497 g/mol. The normalized spacial score (nSPS) is 24.1. The third kappa shape index (κ3) is 6.08. The molecule has 12 heteroatoms. The first kappa shape index (κ1) is 25.1. The van der Waals surface area contributed by atoms with Crippen LogP contribution in [0, 0.1) is 0 Å². The van der Waals surface area contributed by atoms with Crippen LogP contribution in [0.25, 0.3) is 5.57 Å². The van der Waals surface area contributed by atoms with Crippen LogP contribution in [0.1, 0.15) is 31.2 Å². The van der Waals surface area contributed by atoms with Crippen molar-refractivity contribution in [2.75, 3.05) is 6.54 Å². The van der Waals surface area contributed by atoms with Gasteiger partial charge in [-0.1, -0.05) is 48.0 Å². The minimum Gasteiger partial charge on any atom is -0.328 e. The fourth-order valence-electron chi connectivity index (χ4n) is 3.85. The quantitative estimate of drug-likeness (QED) is 0.477. The summed E-state index contributed by atoms with van der Waals surface area (Å²) in [5.41, 5.74) is 0.253. The Labute approximate surface area is 190 Å². The summed E-state index contributed by atoms with van der Waals surface area (Å²) in [6.07, 6.45) is -7.65. The summed E-state index contributed by atoms with van der Waals surface area (Å²) >= 11 is 6.25. The van der Waals surface area contributed by atoms with Crippen LogP contribution in [-0.2, 0) is 14.3 Å². The minimum atomic E-state index is -5.15. The van der Waals surface area contributed by atoms with Crippen LogP contribution in [0.2, 0.25) is 0 Å². The van der Waals surface area contributed by atoms with Crippen molar-refractivity contribution >= 4 is 29.0 Å². The second kappa shape index (κ2) is 9.38. The van der Waals surface area contributed by atoms with Gasteiger partial charge >= 0.3 is 18.4 Å². The van der Waals surface area contributed by atoms with Gasteiger partial charge in [0, 0.05) is 24.2 Å². The zero-order valence-corrected chi connectivity index (χ0v) is 17.7. The number of carbonyl (C=O) groups is 2. The highest BCUT2D eigenvalue weighted by atomic mass is 35.5. The second-order valence-corrected chi connectivity index (χ2v) is 8.20. The molecule has 1 aromatic carbocycles. The Morgan fingerprint density at radius 2 is 1.73 bits per heavy atom.